The molecule has 2 aromatic rings. The Morgan fingerprint density at radius 3 is 2.35 bits per heavy atom. The Hall–Kier alpha value is -2.56. The second-order valence-corrected chi connectivity index (χ2v) is 6.43. The van der Waals surface area contributed by atoms with E-state index in [1.54, 1.807) is 0 Å². The molecule has 0 atom stereocenters. The zero-order valence-electron chi connectivity index (χ0n) is 11.4. The molecule has 0 aliphatic carbocycles. The van der Waals surface area contributed by atoms with Gasteiger partial charge in [-0.25, -0.2) is 8.42 Å². The quantitative estimate of drug-likeness (QED) is 0.849. The van der Waals surface area contributed by atoms with Crippen molar-refractivity contribution >= 4 is 27.1 Å². The van der Waals surface area contributed by atoms with E-state index >= 15 is 0 Å². The number of nitrogens with two attached hydrogens (primary N) is 1. The molecular weight excluding hydrogens is 337 g/mol. The van der Waals surface area contributed by atoms with Crippen LogP contribution in [0.4, 0.5) is 24.5 Å². The van der Waals surface area contributed by atoms with Gasteiger partial charge >= 0.3 is 5.51 Å². The van der Waals surface area contributed by atoms with Gasteiger partial charge in [0, 0.05) is 11.9 Å². The Kier molecular flexibility index (Phi) is 4.32. The molecule has 0 bridgehead atoms. The number of hydrogen-bond donors (Lipinski definition) is 2. The fourth-order valence-electron chi connectivity index (χ4n) is 1.69. The molecule has 0 saturated heterocycles. The number of nitrogens with one attached hydrogen (secondary N) is 1. The van der Waals surface area contributed by atoms with Gasteiger partial charge in [-0.2, -0.15) is 18.3 Å². The number of halogens is 3. The SMILES string of the molecule is NC(=O)Cn1cc(Nc2ccc(S(=O)(=O)C(F)(F)F)cc2)cn1. The average Bonchev–Trinajstić information content (AvgIpc) is 2.84. The zero-order chi connectivity index (χ0) is 17.3. The number of sulfone groups is 1. The van der Waals surface area contributed by atoms with Crippen LogP contribution in [0.15, 0.2) is 41.6 Å². The molecule has 1 amide bonds. The lowest BCUT2D eigenvalue weighted by Gasteiger charge is -2.09. The van der Waals surface area contributed by atoms with Gasteiger partial charge < -0.3 is 11.1 Å². The molecule has 0 aliphatic heterocycles. The first-order valence-corrected chi connectivity index (χ1v) is 7.57. The van der Waals surface area contributed by atoms with Crippen LogP contribution in [0.3, 0.4) is 0 Å². The first kappa shape index (κ1) is 16.8. The van der Waals surface area contributed by atoms with E-state index in [2.05, 4.69) is 10.4 Å². The largest absolute Gasteiger partial charge is 0.501 e. The van der Waals surface area contributed by atoms with Crippen LogP contribution in [0.25, 0.3) is 0 Å². The molecule has 0 saturated carbocycles. The molecule has 1 aromatic heterocycles. The van der Waals surface area contributed by atoms with Crippen molar-refractivity contribution in [1.29, 1.82) is 0 Å². The Morgan fingerprint density at radius 1 is 1.22 bits per heavy atom. The standard InChI is InChI=1S/C12H11F3N4O3S/c13-12(14,15)23(21,22)10-3-1-8(2-4-10)18-9-5-17-19(6-9)7-11(16)20/h1-6,18H,7H2,(H2,16,20). The van der Waals surface area contributed by atoms with E-state index in [1.165, 1.54) is 29.2 Å². The van der Waals surface area contributed by atoms with E-state index in [0.29, 0.717) is 11.4 Å². The third-order valence-electron chi connectivity index (χ3n) is 2.71. The predicted molar refractivity (Wildman–Crippen MR) is 74.4 cm³/mol. The summed E-state index contributed by atoms with van der Waals surface area (Å²) in [5.74, 6) is -0.582. The number of rotatable bonds is 5. The van der Waals surface area contributed by atoms with Crippen molar-refractivity contribution in [2.45, 2.75) is 16.9 Å². The van der Waals surface area contributed by atoms with Gasteiger partial charge in [-0.05, 0) is 24.3 Å². The Balaban J connectivity index is 2.15. The number of hydrogen-bond acceptors (Lipinski definition) is 5. The summed E-state index contributed by atoms with van der Waals surface area (Å²) in [4.78, 5) is 9.89. The summed E-state index contributed by atoms with van der Waals surface area (Å²) in [6.45, 7) is -0.121. The zero-order valence-corrected chi connectivity index (χ0v) is 12.2. The number of aromatic nitrogens is 2. The first-order valence-electron chi connectivity index (χ1n) is 6.09. The van der Waals surface area contributed by atoms with Crippen molar-refractivity contribution < 1.29 is 26.4 Å². The number of carbonyl (C=O) groups is 1. The molecule has 1 aromatic carbocycles. The maximum Gasteiger partial charge on any atom is 0.501 e. The van der Waals surface area contributed by atoms with E-state index in [9.17, 15) is 26.4 Å². The maximum absolute atomic E-state index is 12.4. The Morgan fingerprint density at radius 2 is 1.83 bits per heavy atom. The molecule has 23 heavy (non-hydrogen) atoms. The summed E-state index contributed by atoms with van der Waals surface area (Å²) in [6, 6.07) is 4.06. The van der Waals surface area contributed by atoms with Gasteiger partial charge in [-0.1, -0.05) is 0 Å². The van der Waals surface area contributed by atoms with E-state index in [4.69, 9.17) is 5.73 Å². The third-order valence-corrected chi connectivity index (χ3v) is 4.21. The fraction of sp³-hybridized carbons (Fsp3) is 0.167. The molecule has 0 radical (unpaired) electrons. The van der Waals surface area contributed by atoms with Crippen molar-refractivity contribution in [3.8, 4) is 0 Å². The van der Waals surface area contributed by atoms with Gasteiger partial charge in [0.15, 0.2) is 0 Å². The number of primary amides is 1. The lowest BCUT2D eigenvalue weighted by molar-refractivity contribution is -0.118. The molecule has 0 fully saturated rings. The molecule has 7 nitrogen and oxygen atoms in total. The van der Waals surface area contributed by atoms with Gasteiger partial charge in [0.2, 0.25) is 5.91 Å². The van der Waals surface area contributed by atoms with Crippen LogP contribution in [0, 0.1) is 0 Å². The van der Waals surface area contributed by atoms with E-state index in [0.717, 1.165) is 12.1 Å². The third kappa shape index (κ3) is 3.80. The van der Waals surface area contributed by atoms with Crippen LogP contribution in [-0.4, -0.2) is 29.6 Å². The molecule has 0 aliphatic rings. The minimum absolute atomic E-state index is 0.121. The van der Waals surface area contributed by atoms with E-state index < -0.39 is 26.1 Å². The van der Waals surface area contributed by atoms with Crippen molar-refractivity contribution in [2.24, 2.45) is 5.73 Å². The smallest absolute Gasteiger partial charge is 0.368 e. The second kappa shape index (κ2) is 5.91. The number of nitrogens with zero attached hydrogens (tertiary/aromatic N) is 2. The average molecular weight is 348 g/mol. The van der Waals surface area contributed by atoms with Crippen LogP contribution in [-0.2, 0) is 21.2 Å². The van der Waals surface area contributed by atoms with Crippen LogP contribution in [0.2, 0.25) is 0 Å². The van der Waals surface area contributed by atoms with Gasteiger partial charge in [-0.3, -0.25) is 9.48 Å². The Labute approximate surface area is 128 Å². The molecule has 0 spiro atoms. The summed E-state index contributed by atoms with van der Waals surface area (Å²) >= 11 is 0. The molecular formula is C12H11F3N4O3S. The molecule has 0 unspecified atom stereocenters. The lowest BCUT2D eigenvalue weighted by Crippen LogP contribution is -2.23. The predicted octanol–water partition coefficient (Wildman–Crippen LogP) is 1.41. The van der Waals surface area contributed by atoms with Crippen molar-refractivity contribution in [2.75, 3.05) is 5.32 Å². The summed E-state index contributed by atoms with van der Waals surface area (Å²) in [5.41, 5.74) is 0.468. The molecule has 1 heterocycles. The fourth-order valence-corrected chi connectivity index (χ4v) is 2.45. The minimum atomic E-state index is -5.37. The van der Waals surface area contributed by atoms with E-state index in [1.807, 2.05) is 0 Å². The van der Waals surface area contributed by atoms with Gasteiger partial charge in [-0.15, -0.1) is 0 Å². The number of anilines is 2. The number of alkyl halides is 3. The molecule has 11 heteroatoms. The van der Waals surface area contributed by atoms with Gasteiger partial charge in [0.1, 0.15) is 6.54 Å². The normalized spacial score (nSPS) is 12.1. The second-order valence-electron chi connectivity index (χ2n) is 4.49. The van der Waals surface area contributed by atoms with Crippen LogP contribution < -0.4 is 11.1 Å². The van der Waals surface area contributed by atoms with Gasteiger partial charge in [0.25, 0.3) is 9.84 Å². The van der Waals surface area contributed by atoms with E-state index in [-0.39, 0.29) is 6.54 Å². The monoisotopic (exact) mass is 348 g/mol. The summed E-state index contributed by atoms with van der Waals surface area (Å²) < 4.78 is 61.0. The highest BCUT2D eigenvalue weighted by Gasteiger charge is 2.46. The summed E-state index contributed by atoms with van der Waals surface area (Å²) in [5, 5.41) is 6.65. The molecule has 3 N–H and O–H groups in total. The lowest BCUT2D eigenvalue weighted by atomic mass is 10.3. The van der Waals surface area contributed by atoms with Crippen LogP contribution in [0.5, 0.6) is 0 Å². The summed E-state index contributed by atoms with van der Waals surface area (Å²) in [7, 11) is -5.37. The molecule has 124 valence electrons. The minimum Gasteiger partial charge on any atom is -0.368 e. The number of amides is 1. The summed E-state index contributed by atoms with van der Waals surface area (Å²) in [6.07, 6.45) is 2.84. The Bertz CT molecular complexity index is 813. The highest BCUT2D eigenvalue weighted by molar-refractivity contribution is 7.92. The molecule has 2 rings (SSSR count). The highest BCUT2D eigenvalue weighted by atomic mass is 32.2. The maximum atomic E-state index is 12.4. The van der Waals surface area contributed by atoms with Crippen LogP contribution in [0.1, 0.15) is 0 Å². The van der Waals surface area contributed by atoms with Crippen molar-refractivity contribution in [3.05, 3.63) is 36.7 Å². The highest BCUT2D eigenvalue weighted by Crippen LogP contribution is 2.31. The number of benzene rings is 1. The van der Waals surface area contributed by atoms with Crippen LogP contribution >= 0.6 is 0 Å². The first-order chi connectivity index (χ1) is 10.6. The van der Waals surface area contributed by atoms with Crippen molar-refractivity contribution in [1.82, 2.24) is 9.78 Å². The topological polar surface area (TPSA) is 107 Å². The number of carbonyl (C=O) groups excluding carboxylic acids is 1. The van der Waals surface area contributed by atoms with Gasteiger partial charge in [0.05, 0.1) is 16.8 Å². The van der Waals surface area contributed by atoms with Crippen molar-refractivity contribution in [3.63, 3.8) is 0 Å².